The van der Waals surface area contributed by atoms with Crippen LogP contribution in [0.4, 0.5) is 14.9 Å². The monoisotopic (exact) mass is 1260 g/mol. The number of amides is 3. The largest absolute Gasteiger partial charge is 0.496 e. The lowest BCUT2D eigenvalue weighted by Gasteiger charge is -2.34. The molecule has 88 heavy (non-hydrogen) atoms. The van der Waals surface area contributed by atoms with Gasteiger partial charge in [-0.25, -0.2) is 29.1 Å². The topological polar surface area (TPSA) is 288 Å². The molecule has 8 aromatic rings. The molecule has 1 fully saturated rings. The Hall–Kier alpha value is -8.65. The van der Waals surface area contributed by atoms with Crippen molar-refractivity contribution in [1.29, 1.82) is 0 Å². The second-order valence-electron chi connectivity index (χ2n) is 21.3. The van der Waals surface area contributed by atoms with Gasteiger partial charge in [0.05, 0.1) is 41.0 Å². The number of carbonyl (C=O) groups excluding carboxylic acids is 3. The summed E-state index contributed by atoms with van der Waals surface area (Å²) in [4.78, 5) is 74.6. The Bertz CT molecular complexity index is 3980. The van der Waals surface area contributed by atoms with E-state index in [9.17, 15) is 41.6 Å². The number of ether oxygens (including phenoxy) is 4. The van der Waals surface area contributed by atoms with Gasteiger partial charge in [0.25, 0.3) is 10.1 Å². The number of hydrogen-bond acceptors (Lipinski definition) is 17. The zero-order valence-corrected chi connectivity index (χ0v) is 51.1. The molecule has 0 radical (unpaired) electrons. The van der Waals surface area contributed by atoms with Crippen LogP contribution in [-0.4, -0.2) is 130 Å². The van der Waals surface area contributed by atoms with Crippen molar-refractivity contribution in [3.63, 3.8) is 0 Å². The summed E-state index contributed by atoms with van der Waals surface area (Å²) < 4.78 is 73.0. The molecule has 3 aromatic heterocycles. The van der Waals surface area contributed by atoms with Gasteiger partial charge in [-0.15, -0.1) is 11.3 Å². The van der Waals surface area contributed by atoms with Crippen LogP contribution in [0, 0.1) is 24.6 Å². The van der Waals surface area contributed by atoms with Gasteiger partial charge in [0.2, 0.25) is 11.8 Å². The van der Waals surface area contributed by atoms with E-state index >= 15 is 0 Å². The first-order valence-electron chi connectivity index (χ1n) is 28.1. The number of carboxylic acid groups (broad SMARTS) is 1. The number of carboxylic acids is 1. The van der Waals surface area contributed by atoms with Gasteiger partial charge in [0, 0.05) is 72.4 Å². The molecule has 3 atom stereocenters. The molecule has 21 nitrogen and oxygen atoms in total. The molecule has 3 amide bonds. The number of hydrogen-bond donors (Lipinski definition) is 5. The number of thiophene rings is 1. The normalized spacial score (nSPS) is 13.8. The summed E-state index contributed by atoms with van der Waals surface area (Å²) in [6.45, 7) is 8.58. The predicted molar refractivity (Wildman–Crippen MR) is 330 cm³/mol. The van der Waals surface area contributed by atoms with Crippen LogP contribution in [-0.2, 0) is 55.3 Å². The number of aromatic nitrogens is 4. The number of nitrogens with zero attached hydrogens (tertiary/aromatic N) is 6. The molecule has 6 N–H and O–H groups in total. The first-order valence-corrected chi connectivity index (χ1v) is 30.7. The van der Waals surface area contributed by atoms with Crippen molar-refractivity contribution in [3.05, 3.63) is 161 Å². The number of methoxy groups -OCH3 is 1. The van der Waals surface area contributed by atoms with Gasteiger partial charge in [0.1, 0.15) is 65.0 Å². The van der Waals surface area contributed by atoms with Crippen LogP contribution >= 0.6 is 22.9 Å². The van der Waals surface area contributed by atoms with Crippen molar-refractivity contribution in [2.24, 2.45) is 17.6 Å². The average molecular weight is 1260 g/mol. The Morgan fingerprint density at radius 1 is 0.818 bits per heavy atom. The number of nitrogens with two attached hydrogens (primary N) is 1. The minimum atomic E-state index is -4.84. The Morgan fingerprint density at radius 3 is 2.26 bits per heavy atom. The number of anilines is 1. The summed E-state index contributed by atoms with van der Waals surface area (Å²) in [5.74, 6) is -1.78. The number of rotatable bonds is 24. The van der Waals surface area contributed by atoms with Crippen LogP contribution in [0.25, 0.3) is 43.2 Å². The summed E-state index contributed by atoms with van der Waals surface area (Å²) in [6.07, 6.45) is 2.48. The van der Waals surface area contributed by atoms with Crippen molar-refractivity contribution >= 4 is 72.8 Å². The van der Waals surface area contributed by atoms with E-state index in [0.29, 0.717) is 97.2 Å². The highest BCUT2D eigenvalue weighted by Crippen LogP contribution is 2.48. The third-order valence-electron chi connectivity index (χ3n) is 15.0. The number of para-hydroxylation sites is 2. The molecule has 1 aliphatic heterocycles. The van der Waals surface area contributed by atoms with Gasteiger partial charge in [-0.3, -0.25) is 23.8 Å². The number of nitrogens with one attached hydrogen (secondary N) is 2. The lowest BCUT2D eigenvalue weighted by molar-refractivity contribution is -0.141. The lowest BCUT2D eigenvalue weighted by atomic mass is 9.90. The summed E-state index contributed by atoms with van der Waals surface area (Å²) in [7, 11) is -3.26. The summed E-state index contributed by atoms with van der Waals surface area (Å²) >= 11 is 8.54. The Labute approximate surface area is 516 Å². The maximum absolute atomic E-state index is 14.4. The molecule has 0 aliphatic carbocycles. The number of piperazine rings is 1. The molecule has 0 spiro atoms. The quantitative estimate of drug-likeness (QED) is 0.0352. The van der Waals surface area contributed by atoms with Crippen molar-refractivity contribution < 1.29 is 60.6 Å². The van der Waals surface area contributed by atoms with E-state index in [1.54, 1.807) is 57.5 Å². The fraction of sp³-hybridized carbons (Fsp3) is 0.302. The lowest BCUT2D eigenvalue weighted by Crippen LogP contribution is -2.50. The molecule has 5 aromatic carbocycles. The molecule has 4 heterocycles. The highest BCUT2D eigenvalue weighted by molar-refractivity contribution is 7.85. The number of benzene rings is 5. The number of aliphatic carboxylic acids is 1. The molecule has 0 bridgehead atoms. The van der Waals surface area contributed by atoms with Crippen LogP contribution in [0.2, 0.25) is 5.02 Å². The third kappa shape index (κ3) is 15.4. The molecule has 1 aliphatic rings. The van der Waals surface area contributed by atoms with E-state index in [-0.39, 0.29) is 56.3 Å². The van der Waals surface area contributed by atoms with Gasteiger partial charge in [-0.2, -0.15) is 8.42 Å². The average Bonchev–Trinajstić information content (AvgIpc) is 1.63. The van der Waals surface area contributed by atoms with Crippen molar-refractivity contribution in [2.45, 2.75) is 70.7 Å². The maximum Gasteiger partial charge on any atom is 0.410 e. The fourth-order valence-electron chi connectivity index (χ4n) is 9.99. The van der Waals surface area contributed by atoms with Gasteiger partial charge >= 0.3 is 12.1 Å². The molecule has 0 saturated carbocycles. The summed E-state index contributed by atoms with van der Waals surface area (Å²) in [6, 6.07) is 28.1. The first kappa shape index (κ1) is 63.8. The molecule has 460 valence electrons. The van der Waals surface area contributed by atoms with Crippen molar-refractivity contribution in [1.82, 2.24) is 35.1 Å². The zero-order valence-electron chi connectivity index (χ0n) is 48.7. The second-order valence-corrected chi connectivity index (χ2v) is 24.1. The molecule has 3 unspecified atom stereocenters. The standard InChI is InChI=1S/C63H65ClFN9O12S2/c1-36(2)56(66)60(76)70-38(4)59(75)72-44-19-16-41(52(32-44)88(80,81)82)33-86-63(79)74-26-24-73(25-27-74)28-29-84-51-21-20-46(37(3)55(51)64)53-54-48(68-35-69-61(54)87-57(53)39-14-17-43(65)18-15-39)31-42(62(77)78)30-40-10-6-8-12-49(40)85-34-45-22-23-67-58(71-45)47-11-7-9-13-50(47)83-5/h6-23,32,35-36,38,42,56H,24-31,33-34,66H2,1-5H3,(H,70,76)(H,72,75)(H,77,78)(H,80,81,82). The molecule has 1 saturated heterocycles. The van der Waals surface area contributed by atoms with Crippen LogP contribution < -0.4 is 30.6 Å². The van der Waals surface area contributed by atoms with E-state index in [1.165, 1.54) is 53.8 Å². The van der Waals surface area contributed by atoms with E-state index in [0.717, 1.165) is 16.5 Å². The van der Waals surface area contributed by atoms with Gasteiger partial charge in [-0.1, -0.05) is 80.0 Å². The highest BCUT2D eigenvalue weighted by atomic mass is 35.5. The third-order valence-corrected chi connectivity index (χ3v) is 17.5. The Kier molecular flexibility index (Phi) is 20.6. The summed E-state index contributed by atoms with van der Waals surface area (Å²) in [5.41, 5.74) is 11.1. The smallest absolute Gasteiger partial charge is 0.410 e. The predicted octanol–water partition coefficient (Wildman–Crippen LogP) is 9.66. The van der Waals surface area contributed by atoms with Crippen LogP contribution in [0.1, 0.15) is 48.8 Å². The van der Waals surface area contributed by atoms with E-state index in [4.69, 9.17) is 46.3 Å². The molecular weight excluding hydrogens is 1190 g/mol. The zero-order chi connectivity index (χ0) is 62.8. The van der Waals surface area contributed by atoms with Crippen molar-refractivity contribution in [3.8, 4) is 50.2 Å². The number of halogens is 2. The number of carbonyl (C=O) groups is 4. The maximum atomic E-state index is 14.4. The van der Waals surface area contributed by atoms with Crippen molar-refractivity contribution in [2.75, 3.05) is 51.8 Å². The van der Waals surface area contributed by atoms with Crippen LogP contribution in [0.3, 0.4) is 0 Å². The van der Waals surface area contributed by atoms with Crippen LogP contribution in [0.15, 0.2) is 127 Å². The van der Waals surface area contributed by atoms with Gasteiger partial charge in [0.15, 0.2) is 5.82 Å². The Morgan fingerprint density at radius 2 is 1.55 bits per heavy atom. The molecular formula is C63H65ClFN9O12S2. The van der Waals surface area contributed by atoms with Gasteiger partial charge in [-0.05, 0) is 103 Å². The van der Waals surface area contributed by atoms with Crippen LogP contribution in [0.5, 0.6) is 17.2 Å². The second kappa shape index (κ2) is 28.5. The van der Waals surface area contributed by atoms with E-state index < -0.39 is 69.3 Å². The molecule has 25 heteroatoms. The molecule has 9 rings (SSSR count). The van der Waals surface area contributed by atoms with Gasteiger partial charge < -0.3 is 45.3 Å². The van der Waals surface area contributed by atoms with E-state index in [1.807, 2.05) is 55.5 Å². The SMILES string of the molecule is COc1ccccc1-c1nccc(COc2ccccc2CC(Cc2ncnc3sc(-c4ccc(F)cc4)c(-c4ccc(OCCN5CCN(C(=O)OCc6ccc(NC(=O)C(C)NC(=O)C(N)C(C)C)cc6S(=O)(=O)O)CC5)c(Cl)c4C)c23)C(=O)O)n1. The fourth-order valence-corrected chi connectivity index (χ4v) is 12.1. The summed E-state index contributed by atoms with van der Waals surface area (Å²) in [5, 5.41) is 16.9. The Balaban J connectivity index is 0.845. The number of fused-ring (bicyclic) bond motifs is 1. The highest BCUT2D eigenvalue weighted by Gasteiger charge is 2.30. The minimum absolute atomic E-state index is 0.00942. The minimum Gasteiger partial charge on any atom is -0.496 e. The first-order chi connectivity index (χ1) is 42.2. The van der Waals surface area contributed by atoms with E-state index in [2.05, 4.69) is 25.5 Å².